The topological polar surface area (TPSA) is 58.2 Å². The standard InChI is InChI=1S/C18H19N3O2S/c1-3-16(14-8-5-4-6-9-14)19-20-18-21(17(22)13(2)24-18)12-15-10-7-11-23-15/h4-11,13H,3,12H2,1-2H3/b19-16-,20-18-/t13-/m1/s1. The predicted molar refractivity (Wildman–Crippen MR) is 97.0 cm³/mol. The molecule has 3 rings (SSSR count). The van der Waals surface area contributed by atoms with Crippen LogP contribution in [0.3, 0.4) is 0 Å². The molecular weight excluding hydrogens is 322 g/mol. The number of carbonyl (C=O) groups is 1. The van der Waals surface area contributed by atoms with Crippen LogP contribution in [0.15, 0.2) is 63.3 Å². The minimum atomic E-state index is -0.157. The number of carbonyl (C=O) groups excluding carboxylic acids is 1. The number of furan rings is 1. The second-order valence-corrected chi connectivity index (χ2v) is 6.72. The molecule has 5 nitrogen and oxygen atoms in total. The Morgan fingerprint density at radius 1 is 1.25 bits per heavy atom. The summed E-state index contributed by atoms with van der Waals surface area (Å²) in [4.78, 5) is 14.0. The van der Waals surface area contributed by atoms with Gasteiger partial charge in [0.1, 0.15) is 5.76 Å². The minimum Gasteiger partial charge on any atom is -0.467 e. The van der Waals surface area contributed by atoms with Crippen molar-refractivity contribution in [1.29, 1.82) is 0 Å². The molecule has 1 aliphatic rings. The first-order valence-electron chi connectivity index (χ1n) is 7.89. The van der Waals surface area contributed by atoms with E-state index >= 15 is 0 Å². The summed E-state index contributed by atoms with van der Waals surface area (Å²) in [5, 5.41) is 9.23. The van der Waals surface area contributed by atoms with Gasteiger partial charge in [-0.25, -0.2) is 0 Å². The largest absolute Gasteiger partial charge is 0.467 e. The van der Waals surface area contributed by atoms with Gasteiger partial charge in [-0.15, -0.1) is 5.10 Å². The highest BCUT2D eigenvalue weighted by Gasteiger charge is 2.35. The van der Waals surface area contributed by atoms with Gasteiger partial charge < -0.3 is 4.42 Å². The van der Waals surface area contributed by atoms with Gasteiger partial charge in [-0.3, -0.25) is 9.69 Å². The van der Waals surface area contributed by atoms with E-state index in [1.165, 1.54) is 11.8 Å². The highest BCUT2D eigenvalue weighted by Crippen LogP contribution is 2.28. The summed E-state index contributed by atoms with van der Waals surface area (Å²) >= 11 is 1.43. The Morgan fingerprint density at radius 3 is 2.71 bits per heavy atom. The fraction of sp³-hybridized carbons (Fsp3) is 0.278. The minimum absolute atomic E-state index is 0.0307. The van der Waals surface area contributed by atoms with E-state index in [9.17, 15) is 4.79 Å². The number of nitrogens with zero attached hydrogens (tertiary/aromatic N) is 3. The van der Waals surface area contributed by atoms with Gasteiger partial charge in [0.15, 0.2) is 5.17 Å². The zero-order valence-corrected chi connectivity index (χ0v) is 14.5. The van der Waals surface area contributed by atoms with Crippen molar-refractivity contribution in [2.24, 2.45) is 10.2 Å². The van der Waals surface area contributed by atoms with Gasteiger partial charge in [0.05, 0.1) is 23.8 Å². The van der Waals surface area contributed by atoms with Crippen LogP contribution in [0.1, 0.15) is 31.6 Å². The van der Waals surface area contributed by atoms with Gasteiger partial charge in [-0.2, -0.15) is 5.10 Å². The van der Waals surface area contributed by atoms with E-state index < -0.39 is 0 Å². The third-order valence-electron chi connectivity index (χ3n) is 3.72. The summed E-state index contributed by atoms with van der Waals surface area (Å²) in [6.45, 7) is 4.30. The Kier molecular flexibility index (Phi) is 5.15. The molecule has 2 heterocycles. The molecule has 1 aliphatic heterocycles. The maximum Gasteiger partial charge on any atom is 0.242 e. The lowest BCUT2D eigenvalue weighted by molar-refractivity contribution is -0.126. The molecule has 0 unspecified atom stereocenters. The van der Waals surface area contributed by atoms with E-state index in [4.69, 9.17) is 4.42 Å². The molecule has 1 amide bonds. The van der Waals surface area contributed by atoms with Gasteiger partial charge in [-0.1, -0.05) is 49.0 Å². The molecule has 1 aromatic heterocycles. The normalized spacial score (nSPS) is 20.2. The summed E-state index contributed by atoms with van der Waals surface area (Å²) in [7, 11) is 0. The Balaban J connectivity index is 1.86. The summed E-state index contributed by atoms with van der Waals surface area (Å²) in [6, 6.07) is 13.6. The number of hydrogen-bond donors (Lipinski definition) is 0. The summed E-state index contributed by atoms with van der Waals surface area (Å²) < 4.78 is 5.35. The van der Waals surface area contributed by atoms with E-state index in [1.54, 1.807) is 11.2 Å². The van der Waals surface area contributed by atoms with E-state index in [0.717, 1.165) is 23.5 Å². The van der Waals surface area contributed by atoms with E-state index in [-0.39, 0.29) is 11.2 Å². The van der Waals surface area contributed by atoms with Crippen molar-refractivity contribution in [2.75, 3.05) is 0 Å². The molecule has 0 aliphatic carbocycles. The molecule has 24 heavy (non-hydrogen) atoms. The van der Waals surface area contributed by atoms with Crippen molar-refractivity contribution in [3.05, 3.63) is 60.1 Å². The van der Waals surface area contributed by atoms with Crippen LogP contribution in [0.25, 0.3) is 0 Å². The molecule has 1 saturated heterocycles. The summed E-state index contributed by atoms with van der Waals surface area (Å²) in [6.07, 6.45) is 2.37. The number of amides is 1. The zero-order valence-electron chi connectivity index (χ0n) is 13.7. The monoisotopic (exact) mass is 341 g/mol. The second kappa shape index (κ2) is 7.49. The highest BCUT2D eigenvalue weighted by atomic mass is 32.2. The number of thioether (sulfide) groups is 1. The highest BCUT2D eigenvalue weighted by molar-refractivity contribution is 8.15. The van der Waals surface area contributed by atoms with Crippen LogP contribution in [0, 0.1) is 0 Å². The Hall–Kier alpha value is -2.34. The predicted octanol–water partition coefficient (Wildman–Crippen LogP) is 3.91. The van der Waals surface area contributed by atoms with Gasteiger partial charge >= 0.3 is 0 Å². The number of hydrogen-bond acceptors (Lipinski definition) is 5. The average molecular weight is 341 g/mol. The number of amidine groups is 1. The molecule has 0 bridgehead atoms. The molecule has 0 N–H and O–H groups in total. The second-order valence-electron chi connectivity index (χ2n) is 5.41. The fourth-order valence-electron chi connectivity index (χ4n) is 2.43. The van der Waals surface area contributed by atoms with Crippen LogP contribution in [-0.2, 0) is 11.3 Å². The van der Waals surface area contributed by atoms with Crippen molar-refractivity contribution in [3.8, 4) is 0 Å². The van der Waals surface area contributed by atoms with Crippen molar-refractivity contribution < 1.29 is 9.21 Å². The van der Waals surface area contributed by atoms with Crippen LogP contribution in [0.5, 0.6) is 0 Å². The molecule has 1 fully saturated rings. The van der Waals surface area contributed by atoms with Crippen molar-refractivity contribution in [2.45, 2.75) is 32.1 Å². The lowest BCUT2D eigenvalue weighted by atomic mass is 10.1. The Labute approximate surface area is 145 Å². The van der Waals surface area contributed by atoms with Crippen LogP contribution < -0.4 is 0 Å². The quantitative estimate of drug-likeness (QED) is 0.612. The average Bonchev–Trinajstić information content (AvgIpc) is 3.21. The van der Waals surface area contributed by atoms with Crippen molar-refractivity contribution in [1.82, 2.24) is 4.90 Å². The first-order chi connectivity index (χ1) is 11.7. The third kappa shape index (κ3) is 3.59. The first kappa shape index (κ1) is 16.5. The lowest BCUT2D eigenvalue weighted by Crippen LogP contribution is -2.30. The first-order valence-corrected chi connectivity index (χ1v) is 8.77. The molecule has 0 radical (unpaired) electrons. The van der Waals surface area contributed by atoms with Crippen LogP contribution in [-0.4, -0.2) is 26.9 Å². The third-order valence-corrected chi connectivity index (χ3v) is 4.79. The van der Waals surface area contributed by atoms with Gasteiger partial charge in [0, 0.05) is 0 Å². The fourth-order valence-corrected chi connectivity index (χ4v) is 3.35. The Bertz CT molecular complexity index is 754. The van der Waals surface area contributed by atoms with Gasteiger partial charge in [0.25, 0.3) is 0 Å². The molecule has 2 aromatic rings. The summed E-state index contributed by atoms with van der Waals surface area (Å²) in [5.74, 6) is 0.761. The molecule has 0 saturated carbocycles. The molecule has 1 atom stereocenters. The van der Waals surface area contributed by atoms with Crippen LogP contribution >= 0.6 is 11.8 Å². The van der Waals surface area contributed by atoms with Crippen LogP contribution in [0.2, 0.25) is 0 Å². The van der Waals surface area contributed by atoms with Gasteiger partial charge in [0.2, 0.25) is 5.91 Å². The lowest BCUT2D eigenvalue weighted by Gasteiger charge is -2.13. The zero-order chi connectivity index (χ0) is 16.9. The maximum atomic E-state index is 12.4. The molecule has 6 heteroatoms. The van der Waals surface area contributed by atoms with Crippen molar-refractivity contribution >= 4 is 28.5 Å². The smallest absolute Gasteiger partial charge is 0.242 e. The van der Waals surface area contributed by atoms with Crippen LogP contribution in [0.4, 0.5) is 0 Å². The molecular formula is C18H19N3O2S. The van der Waals surface area contributed by atoms with Gasteiger partial charge in [-0.05, 0) is 31.0 Å². The molecule has 124 valence electrons. The summed E-state index contributed by atoms with van der Waals surface area (Å²) in [5.41, 5.74) is 1.94. The Morgan fingerprint density at radius 2 is 2.04 bits per heavy atom. The van der Waals surface area contributed by atoms with Crippen molar-refractivity contribution in [3.63, 3.8) is 0 Å². The maximum absolute atomic E-state index is 12.4. The molecule has 1 aromatic carbocycles. The number of benzene rings is 1. The SMILES string of the molecule is CC/C(=N/N=C1\S[C@H](C)C(=O)N1Cc1ccco1)c1ccccc1. The van der Waals surface area contributed by atoms with E-state index in [2.05, 4.69) is 10.2 Å². The van der Waals surface area contributed by atoms with E-state index in [0.29, 0.717) is 11.7 Å². The molecule has 0 spiro atoms. The number of rotatable bonds is 5. The van der Waals surface area contributed by atoms with E-state index in [1.807, 2.05) is 56.3 Å².